The van der Waals surface area contributed by atoms with Crippen molar-refractivity contribution in [2.75, 3.05) is 0 Å². The molecule has 0 radical (unpaired) electrons. The summed E-state index contributed by atoms with van der Waals surface area (Å²) in [5.74, 6) is 0. The third-order valence-corrected chi connectivity index (χ3v) is 2.55. The standard InChI is InChI=1S/C5H5ClN2O3S/c1-8-5(9)2-4(3-7-8)12(6,10)11/h2-3H,1H3. The van der Waals surface area contributed by atoms with E-state index in [2.05, 4.69) is 5.10 Å². The second kappa shape index (κ2) is 2.87. The molecule has 0 aromatic carbocycles. The summed E-state index contributed by atoms with van der Waals surface area (Å²) < 4.78 is 22.4. The Morgan fingerprint density at radius 2 is 2.17 bits per heavy atom. The number of hydrogen-bond acceptors (Lipinski definition) is 4. The van der Waals surface area contributed by atoms with E-state index < -0.39 is 14.6 Å². The summed E-state index contributed by atoms with van der Waals surface area (Å²) >= 11 is 0. The van der Waals surface area contributed by atoms with Crippen LogP contribution in [0.25, 0.3) is 0 Å². The largest absolute Gasteiger partial charge is 0.268 e. The van der Waals surface area contributed by atoms with E-state index in [1.54, 1.807) is 0 Å². The highest BCUT2D eigenvalue weighted by Crippen LogP contribution is 2.09. The average molecular weight is 209 g/mol. The molecule has 1 aromatic heterocycles. The van der Waals surface area contributed by atoms with Crippen molar-refractivity contribution < 1.29 is 8.42 Å². The van der Waals surface area contributed by atoms with E-state index in [1.807, 2.05) is 0 Å². The molecule has 0 fully saturated rings. The lowest BCUT2D eigenvalue weighted by Crippen LogP contribution is -2.19. The predicted molar refractivity (Wildman–Crippen MR) is 42.5 cm³/mol. The number of aromatic nitrogens is 2. The van der Waals surface area contributed by atoms with Crippen molar-refractivity contribution in [3.05, 3.63) is 22.6 Å². The van der Waals surface area contributed by atoms with Crippen molar-refractivity contribution in [1.29, 1.82) is 0 Å². The van der Waals surface area contributed by atoms with Crippen LogP contribution in [0.2, 0.25) is 0 Å². The quantitative estimate of drug-likeness (QED) is 0.595. The zero-order valence-corrected chi connectivity index (χ0v) is 7.63. The van der Waals surface area contributed by atoms with Gasteiger partial charge < -0.3 is 0 Å². The Kier molecular flexibility index (Phi) is 2.20. The number of nitrogens with zero attached hydrogens (tertiary/aromatic N) is 2. The first-order valence-corrected chi connectivity index (χ1v) is 5.20. The lowest BCUT2D eigenvalue weighted by Gasteiger charge is -1.95. The van der Waals surface area contributed by atoms with E-state index in [9.17, 15) is 13.2 Å². The second-order valence-electron chi connectivity index (χ2n) is 2.09. The lowest BCUT2D eigenvalue weighted by molar-refractivity contribution is 0.606. The molecule has 0 atom stereocenters. The molecule has 5 nitrogen and oxygen atoms in total. The molecule has 0 unspecified atom stereocenters. The summed E-state index contributed by atoms with van der Waals surface area (Å²) in [6.45, 7) is 0. The summed E-state index contributed by atoms with van der Waals surface area (Å²) in [4.78, 5) is 10.6. The molecule has 1 heterocycles. The third-order valence-electron chi connectivity index (χ3n) is 1.22. The van der Waals surface area contributed by atoms with Gasteiger partial charge in [0.2, 0.25) is 0 Å². The van der Waals surface area contributed by atoms with Gasteiger partial charge in [-0.2, -0.15) is 5.10 Å². The van der Waals surface area contributed by atoms with Crippen molar-refractivity contribution in [2.24, 2.45) is 7.05 Å². The summed E-state index contributed by atoms with van der Waals surface area (Å²) in [7, 11) is 2.53. The Bertz CT molecular complexity index is 450. The molecule has 0 saturated heterocycles. The Morgan fingerprint density at radius 3 is 2.58 bits per heavy atom. The van der Waals surface area contributed by atoms with Crippen molar-refractivity contribution in [3.8, 4) is 0 Å². The molecule has 0 N–H and O–H groups in total. The molecule has 0 amide bonds. The summed E-state index contributed by atoms with van der Waals surface area (Å²) in [5.41, 5.74) is -0.517. The van der Waals surface area contributed by atoms with Gasteiger partial charge in [-0.05, 0) is 0 Å². The fourth-order valence-electron chi connectivity index (χ4n) is 0.586. The van der Waals surface area contributed by atoms with Crippen LogP contribution in [0.5, 0.6) is 0 Å². The molecule has 0 saturated carbocycles. The van der Waals surface area contributed by atoms with Crippen LogP contribution in [-0.2, 0) is 16.1 Å². The van der Waals surface area contributed by atoms with Crippen molar-refractivity contribution in [1.82, 2.24) is 9.78 Å². The van der Waals surface area contributed by atoms with Gasteiger partial charge in [0, 0.05) is 23.8 Å². The zero-order valence-electron chi connectivity index (χ0n) is 6.06. The smallest absolute Gasteiger partial charge is 0.267 e. The van der Waals surface area contributed by atoms with Crippen LogP contribution in [0.3, 0.4) is 0 Å². The first kappa shape index (κ1) is 9.21. The fraction of sp³-hybridized carbons (Fsp3) is 0.200. The lowest BCUT2D eigenvalue weighted by atomic mass is 10.6. The Balaban J connectivity index is 3.43. The Hall–Kier alpha value is -0.880. The van der Waals surface area contributed by atoms with Gasteiger partial charge in [0.05, 0.1) is 6.20 Å². The number of rotatable bonds is 1. The van der Waals surface area contributed by atoms with Crippen molar-refractivity contribution in [3.63, 3.8) is 0 Å². The highest BCUT2D eigenvalue weighted by Gasteiger charge is 2.10. The van der Waals surface area contributed by atoms with Gasteiger partial charge in [0.25, 0.3) is 14.6 Å². The predicted octanol–water partition coefficient (Wildman–Crippen LogP) is -0.292. The van der Waals surface area contributed by atoms with Crippen LogP contribution in [-0.4, -0.2) is 18.2 Å². The summed E-state index contributed by atoms with van der Waals surface area (Å²) in [6, 6.07) is 0.912. The number of hydrogen-bond donors (Lipinski definition) is 0. The van der Waals surface area contributed by atoms with Gasteiger partial charge in [-0.1, -0.05) is 0 Å². The van der Waals surface area contributed by atoms with Crippen LogP contribution < -0.4 is 5.56 Å². The van der Waals surface area contributed by atoms with Crippen molar-refractivity contribution >= 4 is 19.7 Å². The van der Waals surface area contributed by atoms with E-state index >= 15 is 0 Å². The van der Waals surface area contributed by atoms with Gasteiger partial charge in [-0.3, -0.25) is 4.79 Å². The van der Waals surface area contributed by atoms with Crippen LogP contribution in [0.1, 0.15) is 0 Å². The molecule has 0 bridgehead atoms. The molecule has 1 rings (SSSR count). The average Bonchev–Trinajstić information content (AvgIpc) is 1.92. The molecule has 0 aliphatic rings. The minimum atomic E-state index is -3.85. The molecule has 0 aliphatic carbocycles. The maximum atomic E-state index is 10.9. The first-order chi connectivity index (χ1) is 5.41. The van der Waals surface area contributed by atoms with E-state index in [0.717, 1.165) is 16.9 Å². The topological polar surface area (TPSA) is 69.0 Å². The zero-order chi connectivity index (χ0) is 9.35. The maximum Gasteiger partial charge on any atom is 0.267 e. The fourth-order valence-corrected chi connectivity index (χ4v) is 1.25. The first-order valence-electron chi connectivity index (χ1n) is 2.89. The molecule has 1 aromatic rings. The van der Waals surface area contributed by atoms with Crippen LogP contribution in [0.4, 0.5) is 0 Å². The Morgan fingerprint density at radius 1 is 1.58 bits per heavy atom. The third kappa shape index (κ3) is 1.83. The summed E-state index contributed by atoms with van der Waals surface area (Å²) in [6.07, 6.45) is 1.02. The van der Waals surface area contributed by atoms with E-state index in [4.69, 9.17) is 10.7 Å². The Labute approximate surface area is 73.0 Å². The van der Waals surface area contributed by atoms with Crippen LogP contribution in [0.15, 0.2) is 22.0 Å². The minimum absolute atomic E-state index is 0.285. The molecule has 0 aliphatic heterocycles. The summed E-state index contributed by atoms with van der Waals surface area (Å²) in [5, 5.41) is 3.49. The van der Waals surface area contributed by atoms with Crippen LogP contribution >= 0.6 is 10.7 Å². The van der Waals surface area contributed by atoms with Gasteiger partial charge in [-0.25, -0.2) is 13.1 Å². The van der Waals surface area contributed by atoms with Gasteiger partial charge in [-0.15, -0.1) is 0 Å². The van der Waals surface area contributed by atoms with Gasteiger partial charge in [0.15, 0.2) is 0 Å². The molecule has 0 spiro atoms. The van der Waals surface area contributed by atoms with Crippen molar-refractivity contribution in [2.45, 2.75) is 4.90 Å². The molecule has 12 heavy (non-hydrogen) atoms. The number of halogens is 1. The highest BCUT2D eigenvalue weighted by atomic mass is 35.7. The molecular formula is C5H5ClN2O3S. The maximum absolute atomic E-state index is 10.9. The normalized spacial score (nSPS) is 11.5. The van der Waals surface area contributed by atoms with E-state index in [-0.39, 0.29) is 4.90 Å². The monoisotopic (exact) mass is 208 g/mol. The van der Waals surface area contributed by atoms with Gasteiger partial charge >= 0.3 is 0 Å². The SMILES string of the molecule is Cn1ncc(S(=O)(=O)Cl)cc1=O. The number of aryl methyl sites for hydroxylation is 1. The highest BCUT2D eigenvalue weighted by molar-refractivity contribution is 8.13. The van der Waals surface area contributed by atoms with Crippen LogP contribution in [0, 0.1) is 0 Å². The molecule has 7 heteroatoms. The second-order valence-corrected chi connectivity index (χ2v) is 4.66. The molecular weight excluding hydrogens is 204 g/mol. The van der Waals surface area contributed by atoms with Gasteiger partial charge in [0.1, 0.15) is 4.90 Å². The van der Waals surface area contributed by atoms with E-state index in [0.29, 0.717) is 0 Å². The minimum Gasteiger partial charge on any atom is -0.268 e. The molecule has 66 valence electrons. The van der Waals surface area contributed by atoms with E-state index in [1.165, 1.54) is 7.05 Å².